The summed E-state index contributed by atoms with van der Waals surface area (Å²) in [6.45, 7) is 5.24. The Morgan fingerprint density at radius 2 is 1.88 bits per heavy atom. The largest absolute Gasteiger partial charge is 0.389 e. The van der Waals surface area contributed by atoms with Gasteiger partial charge in [-0.15, -0.1) is 0 Å². The van der Waals surface area contributed by atoms with Crippen LogP contribution in [0.15, 0.2) is 0 Å². The number of aliphatic hydroxyl groups is 1. The van der Waals surface area contributed by atoms with E-state index in [0.717, 1.165) is 32.5 Å². The maximum Gasteiger partial charge on any atom is 0.0774 e. The van der Waals surface area contributed by atoms with Crippen molar-refractivity contribution in [2.75, 3.05) is 19.6 Å². The van der Waals surface area contributed by atoms with Gasteiger partial charge in [-0.2, -0.15) is 0 Å². The molecule has 1 atom stereocenters. The highest BCUT2D eigenvalue weighted by Crippen LogP contribution is 2.31. The van der Waals surface area contributed by atoms with Gasteiger partial charge >= 0.3 is 0 Å². The smallest absolute Gasteiger partial charge is 0.0774 e. The fourth-order valence-electron chi connectivity index (χ4n) is 3.24. The second-order valence-corrected chi connectivity index (χ2v) is 5.90. The Balaban J connectivity index is 1.76. The van der Waals surface area contributed by atoms with Crippen molar-refractivity contribution >= 4 is 0 Å². The average molecular weight is 226 g/mol. The molecule has 0 aromatic carbocycles. The van der Waals surface area contributed by atoms with Gasteiger partial charge in [0.25, 0.3) is 0 Å². The summed E-state index contributed by atoms with van der Waals surface area (Å²) in [5.41, 5.74) is 5.56. The Labute approximate surface area is 99.0 Å². The van der Waals surface area contributed by atoms with Gasteiger partial charge in [-0.05, 0) is 51.6 Å². The molecule has 2 rings (SSSR count). The molecule has 1 heterocycles. The first-order chi connectivity index (χ1) is 7.59. The summed E-state index contributed by atoms with van der Waals surface area (Å²) in [6.07, 6.45) is 6.81. The Kier molecular flexibility index (Phi) is 3.88. The summed E-state index contributed by atoms with van der Waals surface area (Å²) in [5, 5.41) is 10.4. The average Bonchev–Trinajstić information content (AvgIpc) is 2.65. The van der Waals surface area contributed by atoms with Gasteiger partial charge in [-0.1, -0.05) is 12.8 Å². The number of nitrogens with zero attached hydrogens (tertiary/aromatic N) is 1. The molecular formula is C13H26N2O. The molecule has 3 heteroatoms. The lowest BCUT2D eigenvalue weighted by molar-refractivity contribution is -0.000673. The van der Waals surface area contributed by atoms with Gasteiger partial charge < -0.3 is 15.7 Å². The maximum absolute atomic E-state index is 10.4. The molecule has 2 aliphatic rings. The molecular weight excluding hydrogens is 200 g/mol. The van der Waals surface area contributed by atoms with Crippen molar-refractivity contribution < 1.29 is 5.11 Å². The van der Waals surface area contributed by atoms with E-state index in [0.29, 0.717) is 12.0 Å². The molecule has 0 radical (unpaired) electrons. The molecule has 0 aromatic heterocycles. The van der Waals surface area contributed by atoms with Gasteiger partial charge in [-0.25, -0.2) is 0 Å². The second kappa shape index (κ2) is 5.03. The fraction of sp³-hybridized carbons (Fsp3) is 1.00. The third-order valence-corrected chi connectivity index (χ3v) is 4.43. The summed E-state index contributed by atoms with van der Waals surface area (Å²) < 4.78 is 0. The van der Waals surface area contributed by atoms with Gasteiger partial charge in [0.15, 0.2) is 0 Å². The Morgan fingerprint density at radius 1 is 1.31 bits per heavy atom. The highest BCUT2D eigenvalue weighted by molar-refractivity contribution is 4.89. The Morgan fingerprint density at radius 3 is 2.38 bits per heavy atom. The molecule has 16 heavy (non-hydrogen) atoms. The molecule has 0 spiro atoms. The van der Waals surface area contributed by atoms with E-state index in [4.69, 9.17) is 5.73 Å². The molecule has 1 saturated heterocycles. The van der Waals surface area contributed by atoms with E-state index in [9.17, 15) is 5.11 Å². The van der Waals surface area contributed by atoms with Crippen LogP contribution in [0.4, 0.5) is 0 Å². The normalized spacial score (nSPS) is 29.4. The van der Waals surface area contributed by atoms with Crippen molar-refractivity contribution in [3.63, 3.8) is 0 Å². The fourth-order valence-corrected chi connectivity index (χ4v) is 3.24. The van der Waals surface area contributed by atoms with Gasteiger partial charge in [-0.3, -0.25) is 0 Å². The van der Waals surface area contributed by atoms with E-state index in [1.54, 1.807) is 0 Å². The van der Waals surface area contributed by atoms with E-state index < -0.39 is 0 Å². The first-order valence-corrected chi connectivity index (χ1v) is 6.79. The molecule has 0 aromatic rings. The lowest BCUT2D eigenvalue weighted by atomic mass is 9.90. The minimum atomic E-state index is -0.374. The number of rotatable bonds is 3. The second-order valence-electron chi connectivity index (χ2n) is 5.90. The maximum atomic E-state index is 10.4. The molecule has 0 bridgehead atoms. The van der Waals surface area contributed by atoms with Crippen LogP contribution in [-0.4, -0.2) is 41.3 Å². The van der Waals surface area contributed by atoms with Crippen LogP contribution in [-0.2, 0) is 0 Å². The number of piperidine rings is 1. The predicted molar refractivity (Wildman–Crippen MR) is 66.2 cm³/mol. The van der Waals surface area contributed by atoms with Crippen molar-refractivity contribution in [2.24, 2.45) is 11.7 Å². The van der Waals surface area contributed by atoms with Crippen LogP contribution in [0.5, 0.6) is 0 Å². The highest BCUT2D eigenvalue weighted by atomic mass is 16.3. The molecule has 1 saturated carbocycles. The van der Waals surface area contributed by atoms with Crippen LogP contribution >= 0.6 is 0 Å². The molecule has 0 amide bonds. The van der Waals surface area contributed by atoms with E-state index in [1.807, 2.05) is 0 Å². The summed E-state index contributed by atoms with van der Waals surface area (Å²) >= 11 is 0. The van der Waals surface area contributed by atoms with E-state index in [1.165, 1.54) is 25.7 Å². The summed E-state index contributed by atoms with van der Waals surface area (Å²) in [7, 11) is 0. The molecule has 3 nitrogen and oxygen atoms in total. The van der Waals surface area contributed by atoms with Crippen LogP contribution in [0.3, 0.4) is 0 Å². The van der Waals surface area contributed by atoms with Gasteiger partial charge in [0.2, 0.25) is 0 Å². The van der Waals surface area contributed by atoms with E-state index in [-0.39, 0.29) is 5.60 Å². The van der Waals surface area contributed by atoms with Crippen LogP contribution in [0, 0.1) is 5.92 Å². The zero-order valence-corrected chi connectivity index (χ0v) is 10.5. The number of hydrogen-bond acceptors (Lipinski definition) is 3. The monoisotopic (exact) mass is 226 g/mol. The van der Waals surface area contributed by atoms with Gasteiger partial charge in [0.1, 0.15) is 0 Å². The van der Waals surface area contributed by atoms with E-state index >= 15 is 0 Å². The molecule has 3 N–H and O–H groups in total. The summed E-state index contributed by atoms with van der Waals surface area (Å²) in [5.74, 6) is 0.689. The highest BCUT2D eigenvalue weighted by Gasteiger charge is 2.34. The van der Waals surface area contributed by atoms with Crippen LogP contribution in [0.1, 0.15) is 45.4 Å². The first-order valence-electron chi connectivity index (χ1n) is 6.79. The quantitative estimate of drug-likeness (QED) is 0.764. The molecule has 1 unspecified atom stereocenters. The standard InChI is InChI=1S/C13H26N2O/c1-11(14)12-4-8-15(9-5-12)10-13(16)6-2-3-7-13/h11-12,16H,2-10,14H2,1H3. The molecule has 2 fully saturated rings. The van der Waals surface area contributed by atoms with Crippen molar-refractivity contribution in [2.45, 2.75) is 57.1 Å². The third kappa shape index (κ3) is 2.96. The minimum Gasteiger partial charge on any atom is -0.389 e. The predicted octanol–water partition coefficient (Wildman–Crippen LogP) is 1.35. The van der Waals surface area contributed by atoms with Crippen molar-refractivity contribution in [1.29, 1.82) is 0 Å². The lowest BCUT2D eigenvalue weighted by Gasteiger charge is -2.37. The lowest BCUT2D eigenvalue weighted by Crippen LogP contribution is -2.46. The van der Waals surface area contributed by atoms with Crippen LogP contribution < -0.4 is 5.73 Å². The SMILES string of the molecule is CC(N)C1CCN(CC2(O)CCCC2)CC1. The van der Waals surface area contributed by atoms with Crippen molar-refractivity contribution in [3.8, 4) is 0 Å². The van der Waals surface area contributed by atoms with E-state index in [2.05, 4.69) is 11.8 Å². The Hall–Kier alpha value is -0.120. The van der Waals surface area contributed by atoms with Gasteiger partial charge in [0, 0.05) is 12.6 Å². The number of hydrogen-bond donors (Lipinski definition) is 2. The minimum absolute atomic E-state index is 0.330. The number of nitrogens with two attached hydrogens (primary N) is 1. The molecule has 1 aliphatic heterocycles. The van der Waals surface area contributed by atoms with Crippen molar-refractivity contribution in [1.82, 2.24) is 4.90 Å². The summed E-state index contributed by atoms with van der Waals surface area (Å²) in [4.78, 5) is 2.43. The third-order valence-electron chi connectivity index (χ3n) is 4.43. The first kappa shape index (κ1) is 12.3. The number of β-amino-alcohol motifs (C(OH)–C–C–N with tert-alkyl or cyclic N) is 1. The zero-order valence-electron chi connectivity index (χ0n) is 10.5. The Bertz CT molecular complexity index is 216. The van der Waals surface area contributed by atoms with Crippen LogP contribution in [0.25, 0.3) is 0 Å². The van der Waals surface area contributed by atoms with Gasteiger partial charge in [0.05, 0.1) is 5.60 Å². The van der Waals surface area contributed by atoms with Crippen LogP contribution in [0.2, 0.25) is 0 Å². The number of likely N-dealkylation sites (tertiary alicyclic amines) is 1. The summed E-state index contributed by atoms with van der Waals surface area (Å²) in [6, 6.07) is 0.330. The van der Waals surface area contributed by atoms with Crippen molar-refractivity contribution in [3.05, 3.63) is 0 Å². The zero-order chi connectivity index (χ0) is 11.6. The topological polar surface area (TPSA) is 49.5 Å². The molecule has 94 valence electrons. The molecule has 1 aliphatic carbocycles.